The summed E-state index contributed by atoms with van der Waals surface area (Å²) < 4.78 is 5.30. The van der Waals surface area contributed by atoms with Crippen LogP contribution in [0, 0.1) is 5.92 Å². The minimum absolute atomic E-state index is 0.777. The van der Waals surface area contributed by atoms with Gasteiger partial charge in [-0.05, 0) is 42.7 Å². The number of benzene rings is 1. The van der Waals surface area contributed by atoms with E-state index in [9.17, 15) is 0 Å². The molecule has 1 unspecified atom stereocenters. The van der Waals surface area contributed by atoms with E-state index in [1.807, 2.05) is 0 Å². The monoisotopic (exact) mass is 231 g/mol. The zero-order valence-electron chi connectivity index (χ0n) is 10.5. The van der Waals surface area contributed by atoms with Crippen molar-refractivity contribution in [2.24, 2.45) is 5.92 Å². The molecule has 1 fully saturated rings. The topological polar surface area (TPSA) is 21.3 Å². The smallest absolute Gasteiger partial charge is 0.120 e. The summed E-state index contributed by atoms with van der Waals surface area (Å²) in [5.41, 5.74) is 2.82. The lowest BCUT2D eigenvalue weighted by Gasteiger charge is -2.31. The molecule has 2 aliphatic rings. The van der Waals surface area contributed by atoms with Crippen molar-refractivity contribution in [3.63, 3.8) is 0 Å². The Kier molecular flexibility index (Phi) is 2.96. The van der Waals surface area contributed by atoms with Crippen molar-refractivity contribution in [1.29, 1.82) is 0 Å². The SMILES string of the molecule is COc1ccc2c(c1)NCCC2C1CCCC1. The van der Waals surface area contributed by atoms with Gasteiger partial charge in [-0.15, -0.1) is 0 Å². The largest absolute Gasteiger partial charge is 0.497 e. The first-order chi connectivity index (χ1) is 8.38. The van der Waals surface area contributed by atoms with Gasteiger partial charge in [-0.1, -0.05) is 18.9 Å². The predicted octanol–water partition coefficient (Wildman–Crippen LogP) is 3.78. The van der Waals surface area contributed by atoms with Crippen molar-refractivity contribution in [3.05, 3.63) is 23.8 Å². The second kappa shape index (κ2) is 4.59. The molecule has 3 rings (SSSR count). The van der Waals surface area contributed by atoms with Crippen LogP contribution >= 0.6 is 0 Å². The average molecular weight is 231 g/mol. The molecule has 1 aliphatic heterocycles. The standard InChI is InChI=1S/C15H21NO/c1-17-12-6-7-14-13(11-4-2-3-5-11)8-9-16-15(14)10-12/h6-7,10-11,13,16H,2-5,8-9H2,1H3. The van der Waals surface area contributed by atoms with Crippen LogP contribution in [0.4, 0.5) is 5.69 Å². The summed E-state index contributed by atoms with van der Waals surface area (Å²) >= 11 is 0. The molecule has 17 heavy (non-hydrogen) atoms. The summed E-state index contributed by atoms with van der Waals surface area (Å²) in [6, 6.07) is 6.52. The number of hydrogen-bond donors (Lipinski definition) is 1. The average Bonchev–Trinajstić information content (AvgIpc) is 2.91. The number of hydrogen-bond acceptors (Lipinski definition) is 2. The highest BCUT2D eigenvalue weighted by Crippen LogP contribution is 2.44. The van der Waals surface area contributed by atoms with Gasteiger partial charge >= 0.3 is 0 Å². The van der Waals surface area contributed by atoms with Crippen LogP contribution in [0.15, 0.2) is 18.2 Å². The van der Waals surface area contributed by atoms with Crippen LogP contribution in [-0.4, -0.2) is 13.7 Å². The van der Waals surface area contributed by atoms with Crippen LogP contribution in [0.1, 0.15) is 43.6 Å². The molecule has 1 N–H and O–H groups in total. The highest BCUT2D eigenvalue weighted by Gasteiger charge is 2.29. The van der Waals surface area contributed by atoms with Crippen LogP contribution in [0.25, 0.3) is 0 Å². The first-order valence-corrected chi connectivity index (χ1v) is 6.80. The molecule has 0 spiro atoms. The molecule has 2 heteroatoms. The van der Waals surface area contributed by atoms with E-state index in [2.05, 4.69) is 23.5 Å². The summed E-state index contributed by atoms with van der Waals surface area (Å²) in [6.45, 7) is 1.11. The molecule has 1 aromatic rings. The molecule has 1 saturated carbocycles. The maximum Gasteiger partial charge on any atom is 0.120 e. The van der Waals surface area contributed by atoms with Crippen LogP contribution in [0.5, 0.6) is 5.75 Å². The quantitative estimate of drug-likeness (QED) is 0.836. The molecule has 0 radical (unpaired) electrons. The Hall–Kier alpha value is -1.18. The molecule has 1 aromatic carbocycles. The number of rotatable bonds is 2. The van der Waals surface area contributed by atoms with Crippen molar-refractivity contribution < 1.29 is 4.74 Å². The minimum atomic E-state index is 0.777. The lowest BCUT2D eigenvalue weighted by molar-refractivity contribution is 0.405. The lowest BCUT2D eigenvalue weighted by atomic mass is 9.80. The third-order valence-corrected chi connectivity index (χ3v) is 4.40. The molecular formula is C15H21NO. The second-order valence-electron chi connectivity index (χ2n) is 5.32. The fraction of sp³-hybridized carbons (Fsp3) is 0.600. The van der Waals surface area contributed by atoms with Crippen LogP contribution < -0.4 is 10.1 Å². The molecule has 1 heterocycles. The maximum atomic E-state index is 5.30. The first-order valence-electron chi connectivity index (χ1n) is 6.80. The zero-order chi connectivity index (χ0) is 11.7. The second-order valence-corrected chi connectivity index (χ2v) is 5.32. The molecule has 0 aromatic heterocycles. The highest BCUT2D eigenvalue weighted by atomic mass is 16.5. The number of methoxy groups -OCH3 is 1. The fourth-order valence-corrected chi connectivity index (χ4v) is 3.51. The van der Waals surface area contributed by atoms with Crippen molar-refractivity contribution in [1.82, 2.24) is 0 Å². The predicted molar refractivity (Wildman–Crippen MR) is 70.8 cm³/mol. The number of ether oxygens (including phenoxy) is 1. The Labute approximate surface area is 103 Å². The Balaban J connectivity index is 1.90. The third kappa shape index (κ3) is 2.01. The molecule has 0 amide bonds. The van der Waals surface area contributed by atoms with Gasteiger partial charge in [0.25, 0.3) is 0 Å². The Morgan fingerprint density at radius 2 is 2.00 bits per heavy atom. The summed E-state index contributed by atoms with van der Waals surface area (Å²) in [5, 5.41) is 3.51. The van der Waals surface area contributed by atoms with Crippen molar-refractivity contribution >= 4 is 5.69 Å². The third-order valence-electron chi connectivity index (χ3n) is 4.40. The van der Waals surface area contributed by atoms with Gasteiger partial charge in [0.2, 0.25) is 0 Å². The van der Waals surface area contributed by atoms with Gasteiger partial charge in [-0.3, -0.25) is 0 Å². The van der Waals surface area contributed by atoms with Crippen molar-refractivity contribution in [2.75, 3.05) is 19.0 Å². The Morgan fingerprint density at radius 3 is 2.76 bits per heavy atom. The molecule has 92 valence electrons. The first kappa shape index (κ1) is 10.9. The van der Waals surface area contributed by atoms with Gasteiger partial charge in [-0.25, -0.2) is 0 Å². The number of nitrogens with one attached hydrogen (secondary N) is 1. The van der Waals surface area contributed by atoms with Crippen molar-refractivity contribution in [3.8, 4) is 5.75 Å². The van der Waals surface area contributed by atoms with E-state index in [1.54, 1.807) is 7.11 Å². The van der Waals surface area contributed by atoms with Gasteiger partial charge in [0.15, 0.2) is 0 Å². The minimum Gasteiger partial charge on any atom is -0.497 e. The van der Waals surface area contributed by atoms with Gasteiger partial charge in [0.05, 0.1) is 7.11 Å². The van der Waals surface area contributed by atoms with Crippen molar-refractivity contribution in [2.45, 2.75) is 38.0 Å². The van der Waals surface area contributed by atoms with E-state index in [0.717, 1.165) is 24.1 Å². The zero-order valence-corrected chi connectivity index (χ0v) is 10.5. The maximum absolute atomic E-state index is 5.30. The van der Waals surface area contributed by atoms with Gasteiger partial charge in [-0.2, -0.15) is 0 Å². The van der Waals surface area contributed by atoms with E-state index >= 15 is 0 Å². The summed E-state index contributed by atoms with van der Waals surface area (Å²) in [5.74, 6) is 2.66. The van der Waals surface area contributed by atoms with E-state index in [0.29, 0.717) is 0 Å². The Morgan fingerprint density at radius 1 is 1.18 bits per heavy atom. The summed E-state index contributed by atoms with van der Waals surface area (Å²) in [4.78, 5) is 0. The fourth-order valence-electron chi connectivity index (χ4n) is 3.51. The van der Waals surface area contributed by atoms with E-state index in [-0.39, 0.29) is 0 Å². The van der Waals surface area contributed by atoms with Gasteiger partial charge < -0.3 is 10.1 Å². The van der Waals surface area contributed by atoms with Crippen LogP contribution in [-0.2, 0) is 0 Å². The van der Waals surface area contributed by atoms with Gasteiger partial charge in [0, 0.05) is 18.3 Å². The summed E-state index contributed by atoms with van der Waals surface area (Å²) in [6.07, 6.45) is 7.01. The number of anilines is 1. The van der Waals surface area contributed by atoms with Gasteiger partial charge in [0.1, 0.15) is 5.75 Å². The Bertz CT molecular complexity index is 396. The summed E-state index contributed by atoms with van der Waals surface area (Å²) in [7, 11) is 1.74. The van der Waals surface area contributed by atoms with E-state index in [4.69, 9.17) is 4.74 Å². The molecular weight excluding hydrogens is 210 g/mol. The molecule has 1 atom stereocenters. The molecule has 0 bridgehead atoms. The van der Waals surface area contributed by atoms with E-state index < -0.39 is 0 Å². The highest BCUT2D eigenvalue weighted by molar-refractivity contribution is 5.58. The van der Waals surface area contributed by atoms with Crippen LogP contribution in [0.2, 0.25) is 0 Å². The molecule has 2 nitrogen and oxygen atoms in total. The lowest BCUT2D eigenvalue weighted by Crippen LogP contribution is -2.21. The number of fused-ring (bicyclic) bond motifs is 1. The molecule has 1 aliphatic carbocycles. The normalized spacial score (nSPS) is 24.2. The van der Waals surface area contributed by atoms with E-state index in [1.165, 1.54) is 43.4 Å². The molecule has 0 saturated heterocycles. The van der Waals surface area contributed by atoms with Crippen LogP contribution in [0.3, 0.4) is 0 Å².